The molecule has 1 aromatic rings. The van der Waals surface area contributed by atoms with Crippen LogP contribution in [0.3, 0.4) is 0 Å². The summed E-state index contributed by atoms with van der Waals surface area (Å²) in [6.45, 7) is 4.24. The van der Waals surface area contributed by atoms with Crippen molar-refractivity contribution >= 4 is 64.6 Å². The highest BCUT2D eigenvalue weighted by molar-refractivity contribution is 8.14. The van der Waals surface area contributed by atoms with Crippen molar-refractivity contribution in [3.63, 3.8) is 0 Å². The summed E-state index contributed by atoms with van der Waals surface area (Å²) in [7, 11) is 3.32. The molecule has 0 saturated carbocycles. The van der Waals surface area contributed by atoms with E-state index in [1.165, 1.54) is 30.9 Å². The number of nitrogens with zero attached hydrogens (tertiary/aromatic N) is 1. The molecule has 0 radical (unpaired) electrons. The number of thiol groups is 1. The van der Waals surface area contributed by atoms with Gasteiger partial charge < -0.3 is 25.7 Å². The third-order valence-corrected chi connectivity index (χ3v) is 6.21. The van der Waals surface area contributed by atoms with Gasteiger partial charge in [-0.15, -0.1) is 0 Å². The number of benzene rings is 1. The molecule has 13 heteroatoms. The van der Waals surface area contributed by atoms with Crippen molar-refractivity contribution in [1.82, 2.24) is 15.5 Å². The van der Waals surface area contributed by atoms with Gasteiger partial charge in [0.05, 0.1) is 11.6 Å². The molecule has 1 aromatic carbocycles. The van der Waals surface area contributed by atoms with E-state index in [9.17, 15) is 24.0 Å². The number of carbonyl (C=O) groups is 5. The van der Waals surface area contributed by atoms with E-state index in [0.29, 0.717) is 0 Å². The van der Waals surface area contributed by atoms with Crippen molar-refractivity contribution in [2.24, 2.45) is 0 Å². The first-order valence-corrected chi connectivity index (χ1v) is 12.8. The molecule has 0 aliphatic heterocycles. The third kappa shape index (κ3) is 11.2. The second-order valence-electron chi connectivity index (χ2n) is 8.47. The van der Waals surface area contributed by atoms with Crippen molar-refractivity contribution in [3.8, 4) is 5.75 Å². The highest BCUT2D eigenvalue weighted by Gasteiger charge is 2.26. The Morgan fingerprint density at radius 1 is 1.03 bits per heavy atom. The van der Waals surface area contributed by atoms with Crippen LogP contribution < -0.4 is 15.4 Å². The Labute approximate surface area is 225 Å². The second kappa shape index (κ2) is 15.2. The standard InChI is InChI=1S/C24H33N5O6S2/c1-13-6-7-17(21(8-13)35-23(33)18(11-36)27-14(2)30)24(34)37-12-19(28-15(3)31)20(32)9-16(25)10-22(26)29(4)5/h6-8,18-19,25-26,36H,9-12H2,1-5H3,(H,27,30)(H,28,31). The number of Topliss-reactive ketones (excluding diaryl/α,β-unsaturated/α-hetero) is 1. The van der Waals surface area contributed by atoms with Gasteiger partial charge in [0.25, 0.3) is 0 Å². The highest BCUT2D eigenvalue weighted by atomic mass is 32.2. The van der Waals surface area contributed by atoms with Crippen LogP contribution in [0.4, 0.5) is 0 Å². The zero-order valence-electron chi connectivity index (χ0n) is 21.5. The van der Waals surface area contributed by atoms with Gasteiger partial charge in [-0.3, -0.25) is 24.6 Å². The summed E-state index contributed by atoms with van der Waals surface area (Å²) in [5, 5.41) is 20.3. The summed E-state index contributed by atoms with van der Waals surface area (Å²) >= 11 is 4.81. The van der Waals surface area contributed by atoms with E-state index in [0.717, 1.165) is 17.3 Å². The molecule has 0 heterocycles. The molecule has 0 spiro atoms. The van der Waals surface area contributed by atoms with Crippen LogP contribution in [-0.4, -0.2) is 82.8 Å². The number of hydrogen-bond donors (Lipinski definition) is 5. The Hall–Kier alpha value is -3.19. The van der Waals surface area contributed by atoms with Gasteiger partial charge in [0, 0.05) is 58.0 Å². The zero-order chi connectivity index (χ0) is 28.3. The number of hydrogen-bond acceptors (Lipinski definition) is 10. The topological polar surface area (TPSA) is 170 Å². The molecule has 2 unspecified atom stereocenters. The molecule has 0 aromatic heterocycles. The fourth-order valence-electron chi connectivity index (χ4n) is 2.94. The van der Waals surface area contributed by atoms with Crippen LogP contribution in [-0.2, 0) is 19.2 Å². The molecule has 2 atom stereocenters. The van der Waals surface area contributed by atoms with Gasteiger partial charge >= 0.3 is 5.97 Å². The SMILES string of the molecule is CC(=O)NC(CSC(=O)c1ccc(C)cc1OC(=O)C(CS)NC(C)=O)C(=O)CC(=N)CC(=N)N(C)C. The normalized spacial score (nSPS) is 12.1. The van der Waals surface area contributed by atoms with E-state index < -0.39 is 40.8 Å². The number of rotatable bonds is 13. The molecule has 37 heavy (non-hydrogen) atoms. The smallest absolute Gasteiger partial charge is 0.334 e. The molecule has 1 rings (SSSR count). The maximum absolute atomic E-state index is 13.0. The lowest BCUT2D eigenvalue weighted by Gasteiger charge is -2.18. The minimum Gasteiger partial charge on any atom is -0.424 e. The zero-order valence-corrected chi connectivity index (χ0v) is 23.2. The van der Waals surface area contributed by atoms with Gasteiger partial charge in [-0.05, 0) is 24.6 Å². The fourth-order valence-corrected chi connectivity index (χ4v) is 4.09. The summed E-state index contributed by atoms with van der Waals surface area (Å²) in [4.78, 5) is 62.8. The van der Waals surface area contributed by atoms with E-state index in [-0.39, 0.29) is 47.2 Å². The molecule has 0 aliphatic rings. The Balaban J connectivity index is 2.99. The molecular weight excluding hydrogens is 518 g/mol. The van der Waals surface area contributed by atoms with Gasteiger partial charge in [0.2, 0.25) is 16.9 Å². The predicted octanol–water partition coefficient (Wildman–Crippen LogP) is 1.62. The van der Waals surface area contributed by atoms with Crippen LogP contribution in [0.25, 0.3) is 0 Å². The Morgan fingerprint density at radius 3 is 2.16 bits per heavy atom. The molecule has 0 aliphatic carbocycles. The Morgan fingerprint density at radius 2 is 1.62 bits per heavy atom. The quantitative estimate of drug-likeness (QED) is 0.0810. The van der Waals surface area contributed by atoms with Crippen molar-refractivity contribution in [1.29, 1.82) is 10.8 Å². The molecule has 11 nitrogen and oxygen atoms in total. The van der Waals surface area contributed by atoms with E-state index in [1.807, 2.05) is 0 Å². The summed E-state index contributed by atoms with van der Waals surface area (Å²) in [6.07, 6.45) is -0.293. The maximum Gasteiger partial charge on any atom is 0.334 e. The maximum atomic E-state index is 13.0. The van der Waals surface area contributed by atoms with E-state index in [4.69, 9.17) is 15.6 Å². The van der Waals surface area contributed by atoms with Crippen molar-refractivity contribution in [2.75, 3.05) is 25.6 Å². The number of ketones is 1. The molecule has 0 bridgehead atoms. The number of esters is 1. The van der Waals surface area contributed by atoms with Crippen molar-refractivity contribution < 1.29 is 28.7 Å². The first-order valence-electron chi connectivity index (χ1n) is 11.2. The van der Waals surface area contributed by atoms with Gasteiger partial charge in [-0.1, -0.05) is 17.8 Å². The summed E-state index contributed by atoms with van der Waals surface area (Å²) in [6, 6.07) is 2.60. The number of ether oxygens (including phenoxy) is 1. The molecule has 4 N–H and O–H groups in total. The highest BCUT2D eigenvalue weighted by Crippen LogP contribution is 2.26. The fraction of sp³-hybridized carbons (Fsp3) is 0.458. The summed E-state index contributed by atoms with van der Waals surface area (Å²) < 4.78 is 5.40. The number of carbonyl (C=O) groups excluding carboxylic acids is 5. The van der Waals surface area contributed by atoms with Crippen LogP contribution >= 0.6 is 24.4 Å². The third-order valence-electron chi connectivity index (χ3n) is 4.87. The Bertz CT molecular complexity index is 1080. The van der Waals surface area contributed by atoms with E-state index in [2.05, 4.69) is 23.3 Å². The Kier molecular flexibility index (Phi) is 13.0. The summed E-state index contributed by atoms with van der Waals surface area (Å²) in [5.41, 5.74) is 0.811. The van der Waals surface area contributed by atoms with Crippen LogP contribution in [0.1, 0.15) is 42.6 Å². The lowest BCUT2D eigenvalue weighted by molar-refractivity contribution is -0.138. The largest absolute Gasteiger partial charge is 0.424 e. The number of aryl methyl sites for hydroxylation is 1. The van der Waals surface area contributed by atoms with E-state index in [1.54, 1.807) is 27.1 Å². The molecular formula is C24H33N5O6S2. The van der Waals surface area contributed by atoms with Crippen LogP contribution in [0.5, 0.6) is 5.75 Å². The van der Waals surface area contributed by atoms with Gasteiger partial charge in [-0.2, -0.15) is 12.6 Å². The van der Waals surface area contributed by atoms with Crippen LogP contribution in [0, 0.1) is 17.7 Å². The number of nitrogens with one attached hydrogen (secondary N) is 4. The lowest BCUT2D eigenvalue weighted by Crippen LogP contribution is -2.43. The average Bonchev–Trinajstić information content (AvgIpc) is 2.79. The van der Waals surface area contributed by atoms with Gasteiger partial charge in [0.15, 0.2) is 5.78 Å². The van der Waals surface area contributed by atoms with Crippen molar-refractivity contribution in [2.45, 2.75) is 45.7 Å². The molecule has 2 amide bonds. The summed E-state index contributed by atoms with van der Waals surface area (Å²) in [5.74, 6) is -2.12. The lowest BCUT2D eigenvalue weighted by atomic mass is 10.1. The first-order chi connectivity index (χ1) is 17.2. The minimum atomic E-state index is -1.04. The minimum absolute atomic E-state index is 0.00815. The number of thioether (sulfide) groups is 1. The van der Waals surface area contributed by atoms with Crippen molar-refractivity contribution in [3.05, 3.63) is 29.3 Å². The number of amides is 2. The van der Waals surface area contributed by atoms with Gasteiger partial charge in [0.1, 0.15) is 17.6 Å². The predicted molar refractivity (Wildman–Crippen MR) is 146 cm³/mol. The monoisotopic (exact) mass is 551 g/mol. The molecule has 0 saturated heterocycles. The average molecular weight is 552 g/mol. The van der Waals surface area contributed by atoms with E-state index >= 15 is 0 Å². The molecule has 0 fully saturated rings. The van der Waals surface area contributed by atoms with Gasteiger partial charge in [-0.25, -0.2) is 4.79 Å². The number of amidine groups is 1. The molecule has 202 valence electrons. The second-order valence-corrected chi connectivity index (χ2v) is 9.83. The first kappa shape index (κ1) is 31.8. The van der Waals surface area contributed by atoms with Crippen LogP contribution in [0.2, 0.25) is 0 Å². The van der Waals surface area contributed by atoms with Crippen LogP contribution in [0.15, 0.2) is 18.2 Å².